The first-order chi connectivity index (χ1) is 13.8. The van der Waals surface area contributed by atoms with Gasteiger partial charge in [-0.1, -0.05) is 18.2 Å². The Hall–Kier alpha value is -3.81. The summed E-state index contributed by atoms with van der Waals surface area (Å²) in [5.41, 5.74) is 1.32. The van der Waals surface area contributed by atoms with E-state index < -0.39 is 23.6 Å². The number of para-hydroxylation sites is 1. The highest BCUT2D eigenvalue weighted by Crippen LogP contribution is 2.39. The maximum Gasteiger partial charge on any atom is 0.416 e. The molecule has 2 aromatic heterocycles. The lowest BCUT2D eigenvalue weighted by molar-refractivity contribution is -0.137. The second-order valence-electron chi connectivity index (χ2n) is 6.74. The number of rotatable bonds is 2. The number of benzene rings is 2. The second-order valence-corrected chi connectivity index (χ2v) is 6.74. The Morgan fingerprint density at radius 2 is 1.31 bits per heavy atom. The standard InChI is InChI=1S/C21H12F3N3O2/c22-21(23,24)10-5-6-16-12(7-10)14(9-26-16)18-17(19(28)27-20(18)29)13-8-25-15-4-2-1-3-11(13)15/h1-9,25-26H,(H,27,28,29). The van der Waals surface area contributed by atoms with Crippen LogP contribution >= 0.6 is 0 Å². The number of amides is 2. The molecule has 1 aliphatic heterocycles. The quantitative estimate of drug-likeness (QED) is 0.444. The largest absolute Gasteiger partial charge is 0.416 e. The zero-order chi connectivity index (χ0) is 20.3. The van der Waals surface area contributed by atoms with Crippen molar-refractivity contribution in [1.29, 1.82) is 0 Å². The zero-order valence-corrected chi connectivity index (χ0v) is 14.6. The van der Waals surface area contributed by atoms with Crippen molar-refractivity contribution >= 4 is 44.8 Å². The summed E-state index contributed by atoms with van der Waals surface area (Å²) in [6.45, 7) is 0. The number of aromatic amines is 2. The molecule has 0 fully saturated rings. The molecule has 144 valence electrons. The van der Waals surface area contributed by atoms with Crippen LogP contribution in [0.5, 0.6) is 0 Å². The van der Waals surface area contributed by atoms with Gasteiger partial charge < -0.3 is 9.97 Å². The number of carbonyl (C=O) groups is 2. The van der Waals surface area contributed by atoms with Crippen LogP contribution in [0, 0.1) is 0 Å². The Morgan fingerprint density at radius 3 is 1.97 bits per heavy atom. The summed E-state index contributed by atoms with van der Waals surface area (Å²) in [4.78, 5) is 31.1. The summed E-state index contributed by atoms with van der Waals surface area (Å²) in [6, 6.07) is 10.5. The maximum atomic E-state index is 13.2. The molecule has 0 bridgehead atoms. The van der Waals surface area contributed by atoms with Crippen LogP contribution in [0.2, 0.25) is 0 Å². The van der Waals surface area contributed by atoms with Gasteiger partial charge in [-0.15, -0.1) is 0 Å². The highest BCUT2D eigenvalue weighted by Gasteiger charge is 2.36. The number of fused-ring (bicyclic) bond motifs is 2. The first kappa shape index (κ1) is 17.3. The molecule has 0 unspecified atom stereocenters. The van der Waals surface area contributed by atoms with E-state index in [9.17, 15) is 22.8 Å². The van der Waals surface area contributed by atoms with Crippen LogP contribution in [0.25, 0.3) is 33.0 Å². The number of nitrogens with one attached hydrogen (secondary N) is 3. The topological polar surface area (TPSA) is 77.8 Å². The van der Waals surface area contributed by atoms with E-state index in [-0.39, 0.29) is 22.1 Å². The fraction of sp³-hybridized carbons (Fsp3) is 0.0476. The molecule has 5 rings (SSSR count). The summed E-state index contributed by atoms with van der Waals surface area (Å²) in [5.74, 6) is -1.23. The molecule has 5 nitrogen and oxygen atoms in total. The monoisotopic (exact) mass is 395 g/mol. The van der Waals surface area contributed by atoms with E-state index in [1.54, 1.807) is 18.3 Å². The predicted octanol–water partition coefficient (Wildman–Crippen LogP) is 4.24. The molecule has 1 aliphatic rings. The number of H-pyrrole nitrogens is 2. The lowest BCUT2D eigenvalue weighted by Crippen LogP contribution is -2.22. The van der Waals surface area contributed by atoms with Crippen LogP contribution in [0.3, 0.4) is 0 Å². The lowest BCUT2D eigenvalue weighted by Gasteiger charge is -2.07. The summed E-state index contributed by atoms with van der Waals surface area (Å²) in [6.07, 6.45) is -1.45. The fourth-order valence-electron chi connectivity index (χ4n) is 3.75. The van der Waals surface area contributed by atoms with Crippen molar-refractivity contribution in [2.75, 3.05) is 0 Å². The van der Waals surface area contributed by atoms with Gasteiger partial charge in [0, 0.05) is 45.3 Å². The number of imide groups is 1. The van der Waals surface area contributed by atoms with Crippen molar-refractivity contribution in [3.8, 4) is 0 Å². The highest BCUT2D eigenvalue weighted by atomic mass is 19.4. The molecule has 4 aromatic rings. The van der Waals surface area contributed by atoms with Crippen molar-refractivity contribution in [3.05, 3.63) is 71.5 Å². The molecule has 3 N–H and O–H groups in total. The van der Waals surface area contributed by atoms with Crippen LogP contribution in [0.1, 0.15) is 16.7 Å². The van der Waals surface area contributed by atoms with Crippen LogP contribution in [0.15, 0.2) is 54.9 Å². The van der Waals surface area contributed by atoms with Crippen molar-refractivity contribution in [3.63, 3.8) is 0 Å². The van der Waals surface area contributed by atoms with Gasteiger partial charge in [0.25, 0.3) is 11.8 Å². The lowest BCUT2D eigenvalue weighted by atomic mass is 9.95. The van der Waals surface area contributed by atoms with Gasteiger partial charge in [0.05, 0.1) is 16.7 Å². The van der Waals surface area contributed by atoms with Crippen molar-refractivity contribution < 1.29 is 22.8 Å². The molecular weight excluding hydrogens is 383 g/mol. The van der Waals surface area contributed by atoms with Gasteiger partial charge in [-0.2, -0.15) is 13.2 Å². The average molecular weight is 395 g/mol. The van der Waals surface area contributed by atoms with Crippen molar-refractivity contribution in [2.45, 2.75) is 6.18 Å². The van der Waals surface area contributed by atoms with E-state index in [1.165, 1.54) is 12.3 Å². The van der Waals surface area contributed by atoms with E-state index in [2.05, 4.69) is 15.3 Å². The Kier molecular flexibility index (Phi) is 3.48. The molecule has 0 radical (unpaired) electrons. The van der Waals surface area contributed by atoms with E-state index in [4.69, 9.17) is 0 Å². The average Bonchev–Trinajstić information content (AvgIpc) is 3.35. The van der Waals surface area contributed by atoms with E-state index in [0.29, 0.717) is 11.1 Å². The SMILES string of the molecule is O=C1NC(=O)C(c2c[nH]c3ccc(C(F)(F)F)cc23)=C1c1c[nH]c2ccccc12. The Labute approximate surface area is 161 Å². The minimum atomic E-state index is -4.52. The number of carbonyl (C=O) groups excluding carboxylic acids is 2. The molecule has 0 atom stereocenters. The van der Waals surface area contributed by atoms with E-state index in [1.807, 2.05) is 12.1 Å². The summed E-state index contributed by atoms with van der Waals surface area (Å²) in [5, 5.41) is 3.22. The Balaban J connectivity index is 1.81. The fourth-order valence-corrected chi connectivity index (χ4v) is 3.75. The predicted molar refractivity (Wildman–Crippen MR) is 102 cm³/mol. The molecule has 2 aromatic carbocycles. The molecule has 0 aliphatic carbocycles. The molecule has 0 saturated heterocycles. The minimum Gasteiger partial charge on any atom is -0.361 e. The van der Waals surface area contributed by atoms with Gasteiger partial charge >= 0.3 is 6.18 Å². The third-order valence-electron chi connectivity index (χ3n) is 5.07. The molecule has 3 heterocycles. The van der Waals surface area contributed by atoms with Crippen LogP contribution in [0.4, 0.5) is 13.2 Å². The number of hydrogen-bond acceptors (Lipinski definition) is 2. The first-order valence-electron chi connectivity index (χ1n) is 8.70. The number of alkyl halides is 3. The molecule has 2 amide bonds. The highest BCUT2D eigenvalue weighted by molar-refractivity contribution is 6.50. The minimum absolute atomic E-state index is 0.0466. The number of hydrogen-bond donors (Lipinski definition) is 3. The molecule has 0 saturated carbocycles. The summed E-state index contributed by atoms with van der Waals surface area (Å²) >= 11 is 0. The Morgan fingerprint density at radius 1 is 0.724 bits per heavy atom. The summed E-state index contributed by atoms with van der Waals surface area (Å²) in [7, 11) is 0. The normalized spacial score (nSPS) is 15.0. The van der Waals surface area contributed by atoms with Gasteiger partial charge in [0.15, 0.2) is 0 Å². The van der Waals surface area contributed by atoms with Gasteiger partial charge in [-0.3, -0.25) is 14.9 Å². The van der Waals surface area contributed by atoms with E-state index >= 15 is 0 Å². The van der Waals surface area contributed by atoms with Crippen LogP contribution in [-0.4, -0.2) is 21.8 Å². The van der Waals surface area contributed by atoms with Gasteiger partial charge in [0.2, 0.25) is 0 Å². The van der Waals surface area contributed by atoms with Gasteiger partial charge in [0.1, 0.15) is 0 Å². The molecule has 8 heteroatoms. The van der Waals surface area contributed by atoms with Crippen molar-refractivity contribution in [1.82, 2.24) is 15.3 Å². The molecule has 29 heavy (non-hydrogen) atoms. The zero-order valence-electron chi connectivity index (χ0n) is 14.6. The smallest absolute Gasteiger partial charge is 0.361 e. The maximum absolute atomic E-state index is 13.2. The third-order valence-corrected chi connectivity index (χ3v) is 5.07. The van der Waals surface area contributed by atoms with Crippen LogP contribution < -0.4 is 5.32 Å². The van der Waals surface area contributed by atoms with Crippen molar-refractivity contribution in [2.24, 2.45) is 0 Å². The third kappa shape index (κ3) is 2.56. The van der Waals surface area contributed by atoms with Gasteiger partial charge in [-0.05, 0) is 24.3 Å². The van der Waals surface area contributed by atoms with Crippen LogP contribution in [-0.2, 0) is 15.8 Å². The first-order valence-corrected chi connectivity index (χ1v) is 8.70. The molecule has 0 spiro atoms. The van der Waals surface area contributed by atoms with Gasteiger partial charge in [-0.25, -0.2) is 0 Å². The number of halogens is 3. The molecular formula is C21H12F3N3O2. The second kappa shape index (κ2) is 5.84. The van der Waals surface area contributed by atoms with E-state index in [0.717, 1.165) is 23.0 Å². The Bertz CT molecular complexity index is 1360. The number of aromatic nitrogens is 2. The summed E-state index contributed by atoms with van der Waals surface area (Å²) < 4.78 is 39.6.